The molecule has 5 atom stereocenters. The number of carbonyl (C=O) groups is 6. The number of aromatic nitrogens is 1. The second-order valence-electron chi connectivity index (χ2n) is 11.5. The van der Waals surface area contributed by atoms with Crippen LogP contribution in [0.4, 0.5) is 9.93 Å². The second kappa shape index (κ2) is 18.0. The zero-order valence-corrected chi connectivity index (χ0v) is 29.8. The van der Waals surface area contributed by atoms with Crippen LogP contribution in [0.3, 0.4) is 0 Å². The van der Waals surface area contributed by atoms with Crippen molar-refractivity contribution in [2.75, 3.05) is 31.8 Å². The normalized spacial score (nSPS) is 19.0. The van der Waals surface area contributed by atoms with Crippen molar-refractivity contribution in [3.05, 3.63) is 22.8 Å². The monoisotopic (exact) mass is 743 g/mol. The number of anilines is 1. The maximum atomic E-state index is 13.1. The zero-order valence-electron chi connectivity index (χ0n) is 28.2. The van der Waals surface area contributed by atoms with Crippen molar-refractivity contribution in [2.24, 2.45) is 28.5 Å². The van der Waals surface area contributed by atoms with Gasteiger partial charge in [0, 0.05) is 18.1 Å². The van der Waals surface area contributed by atoms with E-state index in [1.807, 2.05) is 0 Å². The SMILES string of the molecule is CO/N=C(\C(=O)NC1C(=O)N2C(C(=O)OC(C)OC(=O)OC(COC(=O)[C@@H](N)C(C)C)COC(=O)[C@@H](N)C(C)C)=CCS[C@H]12)c1csc(N)n1. The van der Waals surface area contributed by atoms with E-state index in [9.17, 15) is 28.8 Å². The van der Waals surface area contributed by atoms with Gasteiger partial charge in [0.15, 0.2) is 16.9 Å². The van der Waals surface area contributed by atoms with Crippen molar-refractivity contribution >= 4 is 69.8 Å². The van der Waals surface area contributed by atoms with Crippen molar-refractivity contribution in [2.45, 2.75) is 70.5 Å². The molecule has 3 heterocycles. The summed E-state index contributed by atoms with van der Waals surface area (Å²) in [6.45, 7) is 6.99. The number of nitrogens with two attached hydrogens (primary N) is 3. The van der Waals surface area contributed by atoms with Crippen LogP contribution in [0, 0.1) is 11.8 Å². The Hall–Kier alpha value is -4.47. The fourth-order valence-corrected chi connectivity index (χ4v) is 5.91. The number of hydrogen-bond donors (Lipinski definition) is 4. The largest absolute Gasteiger partial charge is 0.511 e. The van der Waals surface area contributed by atoms with E-state index < -0.39 is 85.0 Å². The van der Waals surface area contributed by atoms with Crippen molar-refractivity contribution in [3.8, 4) is 0 Å². The van der Waals surface area contributed by atoms with Crippen molar-refractivity contribution in [1.29, 1.82) is 0 Å². The van der Waals surface area contributed by atoms with Crippen LogP contribution in [-0.2, 0) is 52.5 Å². The highest BCUT2D eigenvalue weighted by Crippen LogP contribution is 2.38. The van der Waals surface area contributed by atoms with Crippen molar-refractivity contribution in [1.82, 2.24) is 15.2 Å². The van der Waals surface area contributed by atoms with Crippen LogP contribution in [0.2, 0.25) is 0 Å². The lowest BCUT2D eigenvalue weighted by molar-refractivity contribution is -0.173. The van der Waals surface area contributed by atoms with Crippen LogP contribution in [-0.4, -0.2) is 113 Å². The molecule has 21 heteroatoms. The molecule has 50 heavy (non-hydrogen) atoms. The first kappa shape index (κ1) is 40.0. The Labute approximate surface area is 295 Å². The number of thiazole rings is 1. The third kappa shape index (κ3) is 10.3. The number of fused-ring (bicyclic) bond motifs is 1. The van der Waals surface area contributed by atoms with Crippen LogP contribution in [0.15, 0.2) is 22.3 Å². The number of ether oxygens (including phenoxy) is 5. The van der Waals surface area contributed by atoms with Crippen LogP contribution >= 0.6 is 23.1 Å². The number of nitrogens with one attached hydrogen (secondary N) is 1. The van der Waals surface area contributed by atoms with Gasteiger partial charge in [0.25, 0.3) is 11.8 Å². The van der Waals surface area contributed by atoms with Gasteiger partial charge in [0.2, 0.25) is 6.29 Å². The summed E-state index contributed by atoms with van der Waals surface area (Å²) in [5, 5.41) is 7.32. The first-order valence-electron chi connectivity index (χ1n) is 15.3. The molecule has 0 bridgehead atoms. The standard InChI is InChI=1S/C29H41N7O12S2/c1-12(2)18(30)26(40)44-9-15(10-45-27(41)19(31)13(3)4)48-29(42)47-14(5)46-25(39)17-7-8-49-24-21(23(38)36(17)24)34-22(37)20(35-43-6)16-11-50-28(32)33-16/h7,11-15,18-19,21,24H,8-10,30-31H2,1-6H3,(H2,32,33)(H,34,37)/b35-20-/t14?,18-,19-,21?,24+/m0/s1. The van der Waals surface area contributed by atoms with Crippen molar-refractivity contribution < 1.29 is 57.3 Å². The molecule has 2 aliphatic rings. The topological polar surface area (TPSA) is 276 Å². The fourth-order valence-electron chi connectivity index (χ4n) is 4.17. The smallest absolute Gasteiger partial charge is 0.460 e. The Kier molecular flexibility index (Phi) is 14.4. The lowest BCUT2D eigenvalue weighted by Crippen LogP contribution is -2.70. The number of amides is 2. The number of thioether (sulfide) groups is 1. The molecule has 0 aliphatic carbocycles. The van der Waals surface area contributed by atoms with Crippen LogP contribution in [0.25, 0.3) is 0 Å². The number of β-lactam (4-membered cyclic amide) rings is 1. The summed E-state index contributed by atoms with van der Waals surface area (Å²) < 4.78 is 25.7. The average molecular weight is 744 g/mol. The molecule has 19 nitrogen and oxygen atoms in total. The van der Waals surface area contributed by atoms with Gasteiger partial charge in [-0.05, 0) is 17.9 Å². The molecule has 2 amide bonds. The maximum Gasteiger partial charge on any atom is 0.511 e. The highest BCUT2D eigenvalue weighted by molar-refractivity contribution is 8.00. The predicted molar refractivity (Wildman–Crippen MR) is 178 cm³/mol. The summed E-state index contributed by atoms with van der Waals surface area (Å²) in [4.78, 5) is 86.1. The molecule has 1 aromatic rings. The maximum absolute atomic E-state index is 13.1. The van der Waals surface area contributed by atoms with E-state index in [0.29, 0.717) is 0 Å². The van der Waals surface area contributed by atoms with Crippen molar-refractivity contribution in [3.63, 3.8) is 0 Å². The summed E-state index contributed by atoms with van der Waals surface area (Å²) in [7, 11) is 1.24. The highest BCUT2D eigenvalue weighted by Gasteiger charge is 2.53. The van der Waals surface area contributed by atoms with E-state index in [-0.39, 0.29) is 39.8 Å². The van der Waals surface area contributed by atoms with E-state index in [0.717, 1.165) is 16.2 Å². The molecular formula is C29H41N7O12S2. The zero-order chi connectivity index (χ0) is 37.3. The number of rotatable bonds is 16. The Balaban J connectivity index is 1.57. The molecule has 2 unspecified atom stereocenters. The minimum Gasteiger partial charge on any atom is -0.460 e. The second-order valence-corrected chi connectivity index (χ2v) is 13.6. The number of hydrogen-bond acceptors (Lipinski definition) is 19. The number of carbonyl (C=O) groups excluding carboxylic acids is 6. The summed E-state index contributed by atoms with van der Waals surface area (Å²) in [5.74, 6) is -4.12. The van der Waals surface area contributed by atoms with Gasteiger partial charge >= 0.3 is 24.1 Å². The lowest BCUT2D eigenvalue weighted by atomic mass is 10.0. The molecule has 1 aromatic heterocycles. The molecule has 0 radical (unpaired) electrons. The highest BCUT2D eigenvalue weighted by atomic mass is 32.2. The lowest BCUT2D eigenvalue weighted by Gasteiger charge is -2.48. The minimum absolute atomic E-state index is 0.134. The average Bonchev–Trinajstić information content (AvgIpc) is 3.50. The summed E-state index contributed by atoms with van der Waals surface area (Å²) in [6, 6.07) is -2.93. The molecule has 1 saturated heterocycles. The minimum atomic E-state index is -1.52. The van der Waals surface area contributed by atoms with Gasteiger partial charge in [-0.2, -0.15) is 0 Å². The molecule has 7 N–H and O–H groups in total. The van der Waals surface area contributed by atoms with Crippen LogP contribution in [0.1, 0.15) is 40.3 Å². The quantitative estimate of drug-likeness (QED) is 0.0427. The van der Waals surface area contributed by atoms with E-state index >= 15 is 0 Å². The molecule has 276 valence electrons. The number of nitrogens with zero attached hydrogens (tertiary/aromatic N) is 3. The van der Waals surface area contributed by atoms with Gasteiger partial charge in [-0.1, -0.05) is 32.9 Å². The summed E-state index contributed by atoms with van der Waals surface area (Å²) >= 11 is 2.36. The number of esters is 3. The van der Waals surface area contributed by atoms with Gasteiger partial charge in [-0.25, -0.2) is 14.6 Å². The Bertz CT molecular complexity index is 1470. The van der Waals surface area contributed by atoms with Gasteiger partial charge < -0.3 is 51.0 Å². The first-order valence-corrected chi connectivity index (χ1v) is 17.2. The Morgan fingerprint density at radius 3 is 2.12 bits per heavy atom. The molecule has 1 fully saturated rings. The van der Waals surface area contributed by atoms with E-state index in [1.165, 1.54) is 37.3 Å². The molecular weight excluding hydrogens is 702 g/mol. The van der Waals surface area contributed by atoms with E-state index in [1.54, 1.807) is 27.7 Å². The van der Waals surface area contributed by atoms with Crippen LogP contribution < -0.4 is 22.5 Å². The summed E-state index contributed by atoms with van der Waals surface area (Å²) in [6.07, 6.45) is -2.76. The van der Waals surface area contributed by atoms with E-state index in [4.69, 9.17) is 45.7 Å². The predicted octanol–water partition coefficient (Wildman–Crippen LogP) is -0.176. The Morgan fingerprint density at radius 2 is 1.60 bits per heavy atom. The third-order valence-corrected chi connectivity index (χ3v) is 8.96. The van der Waals surface area contributed by atoms with E-state index in [2.05, 4.69) is 15.5 Å². The third-order valence-electron chi connectivity index (χ3n) is 7.11. The fraction of sp³-hybridized carbons (Fsp3) is 0.586. The first-order chi connectivity index (χ1) is 23.5. The molecule has 2 aliphatic heterocycles. The van der Waals surface area contributed by atoms with Gasteiger partial charge in [-0.3, -0.25) is 24.1 Å². The van der Waals surface area contributed by atoms with Crippen LogP contribution in [0.5, 0.6) is 0 Å². The summed E-state index contributed by atoms with van der Waals surface area (Å²) in [5.41, 5.74) is 17.1. The van der Waals surface area contributed by atoms with Gasteiger partial charge in [0.1, 0.15) is 55.2 Å². The molecule has 0 spiro atoms. The Morgan fingerprint density at radius 1 is 1.00 bits per heavy atom. The molecule has 3 rings (SSSR count). The number of oxime groups is 1. The van der Waals surface area contributed by atoms with Gasteiger partial charge in [-0.15, -0.1) is 23.1 Å². The molecule has 0 aromatic carbocycles. The van der Waals surface area contributed by atoms with Gasteiger partial charge in [0.05, 0.1) is 0 Å². The molecule has 0 saturated carbocycles. The number of nitrogen functional groups attached to an aromatic ring is 1.